The average molecular weight is 406 g/mol. The number of sulfonamides is 1. The fraction of sp³-hybridized carbons (Fsp3) is 0.400. The average Bonchev–Trinajstić information content (AvgIpc) is 2.76. The summed E-state index contributed by atoms with van der Waals surface area (Å²) in [5, 5.41) is 14.7. The van der Waals surface area contributed by atoms with Crippen LogP contribution in [0.4, 0.5) is 18.9 Å². The molecule has 0 unspecified atom stereocenters. The Hall–Kier alpha value is -2.47. The Kier molecular flexibility index (Phi) is 5.34. The molecule has 0 spiro atoms. The SMILES string of the molecule is Cc1cc([N+](=O)[O-])ccc1S(=O)(=O)N[C@H](c1c(C)nn(C)c1C)C(F)(F)F. The predicted molar refractivity (Wildman–Crippen MR) is 89.6 cm³/mol. The third-order valence-corrected chi connectivity index (χ3v) is 5.70. The molecule has 0 aliphatic heterocycles. The number of rotatable bonds is 5. The van der Waals surface area contributed by atoms with Gasteiger partial charge in [0.15, 0.2) is 0 Å². The van der Waals surface area contributed by atoms with Gasteiger partial charge in [0, 0.05) is 30.4 Å². The monoisotopic (exact) mass is 406 g/mol. The molecular formula is C15H17F3N4O4S. The van der Waals surface area contributed by atoms with Crippen LogP contribution < -0.4 is 4.72 Å². The minimum Gasteiger partial charge on any atom is -0.272 e. The topological polar surface area (TPSA) is 107 Å². The van der Waals surface area contributed by atoms with Crippen molar-refractivity contribution in [3.05, 3.63) is 50.8 Å². The molecule has 0 radical (unpaired) electrons. The smallest absolute Gasteiger partial charge is 0.272 e. The van der Waals surface area contributed by atoms with E-state index < -0.39 is 32.1 Å². The lowest BCUT2D eigenvalue weighted by molar-refractivity contribution is -0.385. The normalized spacial score (nSPS) is 13.6. The van der Waals surface area contributed by atoms with Crippen LogP contribution >= 0.6 is 0 Å². The number of non-ortho nitro benzene ring substituents is 1. The van der Waals surface area contributed by atoms with Crippen molar-refractivity contribution in [2.45, 2.75) is 37.9 Å². The minimum atomic E-state index is -4.92. The molecule has 0 aliphatic carbocycles. The van der Waals surface area contributed by atoms with E-state index >= 15 is 0 Å². The van der Waals surface area contributed by atoms with Gasteiger partial charge in [0.05, 0.1) is 15.5 Å². The molecule has 8 nitrogen and oxygen atoms in total. The lowest BCUT2D eigenvalue weighted by Crippen LogP contribution is -2.39. The molecular weight excluding hydrogens is 389 g/mol. The van der Waals surface area contributed by atoms with E-state index in [9.17, 15) is 31.7 Å². The molecule has 27 heavy (non-hydrogen) atoms. The van der Waals surface area contributed by atoms with E-state index in [-0.39, 0.29) is 28.2 Å². The Labute approximate surface area is 153 Å². The van der Waals surface area contributed by atoms with E-state index in [0.29, 0.717) is 0 Å². The van der Waals surface area contributed by atoms with Crippen LogP contribution in [0.25, 0.3) is 0 Å². The maximum atomic E-state index is 13.6. The summed E-state index contributed by atoms with van der Waals surface area (Å²) in [4.78, 5) is 9.57. The molecule has 2 aromatic rings. The number of nitro groups is 1. The summed E-state index contributed by atoms with van der Waals surface area (Å²) in [6.07, 6.45) is -4.92. The third-order valence-electron chi connectivity index (χ3n) is 4.11. The summed E-state index contributed by atoms with van der Waals surface area (Å²) >= 11 is 0. The summed E-state index contributed by atoms with van der Waals surface area (Å²) in [6.45, 7) is 4.02. The van der Waals surface area contributed by atoms with Crippen molar-refractivity contribution in [1.82, 2.24) is 14.5 Å². The van der Waals surface area contributed by atoms with Gasteiger partial charge in [0.2, 0.25) is 10.0 Å². The fourth-order valence-corrected chi connectivity index (χ4v) is 4.18. The molecule has 1 aromatic heterocycles. The number of aromatic nitrogens is 2. The van der Waals surface area contributed by atoms with Crippen LogP contribution in [0.3, 0.4) is 0 Å². The molecule has 1 heterocycles. The van der Waals surface area contributed by atoms with Gasteiger partial charge in [0.1, 0.15) is 6.04 Å². The molecule has 0 aliphatic rings. The van der Waals surface area contributed by atoms with E-state index in [2.05, 4.69) is 5.10 Å². The van der Waals surface area contributed by atoms with E-state index in [1.54, 1.807) is 4.72 Å². The predicted octanol–water partition coefficient (Wildman–Crippen LogP) is 2.84. The van der Waals surface area contributed by atoms with Gasteiger partial charge in [-0.1, -0.05) is 0 Å². The standard InChI is InChI=1S/C15H17F3N4O4S/c1-8-7-11(22(23)24)5-6-12(8)27(25,26)20-14(15(16,17)18)13-9(2)19-21(4)10(13)3/h5-7,14,20H,1-4H3/t14-/m1/s1. The first-order chi connectivity index (χ1) is 12.3. The summed E-state index contributed by atoms with van der Waals surface area (Å²) in [7, 11) is -3.17. The number of halogens is 3. The van der Waals surface area contributed by atoms with Crippen LogP contribution in [0.1, 0.15) is 28.6 Å². The van der Waals surface area contributed by atoms with Crippen molar-refractivity contribution in [1.29, 1.82) is 0 Å². The van der Waals surface area contributed by atoms with Crippen LogP contribution in [-0.2, 0) is 17.1 Å². The quantitative estimate of drug-likeness (QED) is 0.607. The summed E-state index contributed by atoms with van der Waals surface area (Å²) in [6, 6.07) is 0.306. The number of benzene rings is 1. The molecule has 12 heteroatoms. The molecule has 0 saturated carbocycles. The van der Waals surface area contributed by atoms with Crippen molar-refractivity contribution < 1.29 is 26.5 Å². The summed E-state index contributed by atoms with van der Waals surface area (Å²) in [5.74, 6) is 0. The molecule has 148 valence electrons. The van der Waals surface area contributed by atoms with Crippen molar-refractivity contribution in [3.8, 4) is 0 Å². The molecule has 0 saturated heterocycles. The number of aryl methyl sites for hydroxylation is 3. The zero-order valence-corrected chi connectivity index (χ0v) is 15.6. The fourth-order valence-electron chi connectivity index (χ4n) is 2.76. The molecule has 0 amide bonds. The maximum Gasteiger partial charge on any atom is 0.409 e. The van der Waals surface area contributed by atoms with Gasteiger partial charge in [-0.2, -0.15) is 23.0 Å². The number of hydrogen-bond donors (Lipinski definition) is 1. The van der Waals surface area contributed by atoms with Gasteiger partial charge in [0.25, 0.3) is 5.69 Å². The highest BCUT2D eigenvalue weighted by atomic mass is 32.2. The van der Waals surface area contributed by atoms with E-state index in [1.165, 1.54) is 32.5 Å². The van der Waals surface area contributed by atoms with Crippen molar-refractivity contribution in [2.75, 3.05) is 0 Å². The second-order valence-electron chi connectivity index (χ2n) is 6.01. The van der Waals surface area contributed by atoms with Crippen LogP contribution in [0, 0.1) is 30.9 Å². The molecule has 0 fully saturated rings. The minimum absolute atomic E-state index is 0.0421. The summed E-state index contributed by atoms with van der Waals surface area (Å²) in [5.41, 5.74) is -0.485. The molecule has 1 aromatic carbocycles. The Morgan fingerprint density at radius 3 is 2.26 bits per heavy atom. The number of nitrogens with zero attached hydrogens (tertiary/aromatic N) is 3. The van der Waals surface area contributed by atoms with Gasteiger partial charge in [-0.3, -0.25) is 14.8 Å². The highest BCUT2D eigenvalue weighted by Crippen LogP contribution is 2.37. The Bertz CT molecular complexity index is 999. The third kappa shape index (κ3) is 4.11. The van der Waals surface area contributed by atoms with Crippen molar-refractivity contribution >= 4 is 15.7 Å². The largest absolute Gasteiger partial charge is 0.409 e. The maximum absolute atomic E-state index is 13.6. The van der Waals surface area contributed by atoms with E-state index in [0.717, 1.165) is 18.2 Å². The Morgan fingerprint density at radius 2 is 1.85 bits per heavy atom. The van der Waals surface area contributed by atoms with Gasteiger partial charge in [-0.25, -0.2) is 8.42 Å². The lowest BCUT2D eigenvalue weighted by atomic mass is 10.1. The number of nitro benzene ring substituents is 1. The molecule has 2 rings (SSSR count). The highest BCUT2D eigenvalue weighted by Gasteiger charge is 2.46. The molecule has 0 bridgehead atoms. The second kappa shape index (κ2) is 6.93. The van der Waals surface area contributed by atoms with Crippen LogP contribution in [0.2, 0.25) is 0 Å². The van der Waals surface area contributed by atoms with E-state index in [1.807, 2.05) is 0 Å². The first-order valence-corrected chi connectivity index (χ1v) is 9.08. The van der Waals surface area contributed by atoms with Crippen molar-refractivity contribution in [2.24, 2.45) is 7.05 Å². The first kappa shape index (κ1) is 20.8. The molecule has 1 atom stereocenters. The van der Waals surface area contributed by atoms with Gasteiger partial charge < -0.3 is 0 Å². The zero-order chi connectivity index (χ0) is 20.7. The zero-order valence-electron chi connectivity index (χ0n) is 14.8. The number of hydrogen-bond acceptors (Lipinski definition) is 5. The Morgan fingerprint density at radius 1 is 1.26 bits per heavy atom. The van der Waals surface area contributed by atoms with Gasteiger partial charge in [-0.05, 0) is 32.4 Å². The number of alkyl halides is 3. The lowest BCUT2D eigenvalue weighted by Gasteiger charge is -2.22. The second-order valence-corrected chi connectivity index (χ2v) is 7.69. The van der Waals surface area contributed by atoms with Crippen LogP contribution in [0.5, 0.6) is 0 Å². The van der Waals surface area contributed by atoms with Crippen LogP contribution in [0.15, 0.2) is 23.1 Å². The van der Waals surface area contributed by atoms with Crippen molar-refractivity contribution in [3.63, 3.8) is 0 Å². The highest BCUT2D eigenvalue weighted by molar-refractivity contribution is 7.89. The Balaban J connectivity index is 2.53. The van der Waals surface area contributed by atoms with Crippen LogP contribution in [-0.4, -0.2) is 29.3 Å². The summed E-state index contributed by atoms with van der Waals surface area (Å²) < 4.78 is 69.0. The first-order valence-electron chi connectivity index (χ1n) is 7.60. The van der Waals surface area contributed by atoms with Gasteiger partial charge >= 0.3 is 6.18 Å². The van der Waals surface area contributed by atoms with E-state index in [4.69, 9.17) is 0 Å². The molecule has 1 N–H and O–H groups in total. The van der Waals surface area contributed by atoms with Gasteiger partial charge in [-0.15, -0.1) is 0 Å². The number of nitrogens with one attached hydrogen (secondary N) is 1.